The molecule has 3 aliphatic rings. The minimum atomic E-state index is -0.350. The van der Waals surface area contributed by atoms with Crippen LogP contribution in [0.1, 0.15) is 33.6 Å². The van der Waals surface area contributed by atoms with Crippen LogP contribution in [0, 0.1) is 29.1 Å². The summed E-state index contributed by atoms with van der Waals surface area (Å²) in [4.78, 5) is 25.4. The predicted octanol–water partition coefficient (Wildman–Crippen LogP) is 1.83. The summed E-state index contributed by atoms with van der Waals surface area (Å²) in [5.74, 6) is -0.723. The lowest BCUT2D eigenvalue weighted by molar-refractivity contribution is -0.153. The standard InChI is InChI=1S/C17H26O5/c1-8-10(20-4)7-6-9-11-12(13(8)18)14(21-5)17(2,3)15(11)22-16(9)19/h8-12,14-15H,6-7H2,1-5H3/t8?,9-,10?,11-,12?,14?,15-/m0/s1. The van der Waals surface area contributed by atoms with E-state index in [0.29, 0.717) is 0 Å². The number of hydrogen-bond acceptors (Lipinski definition) is 5. The van der Waals surface area contributed by atoms with E-state index in [9.17, 15) is 9.59 Å². The summed E-state index contributed by atoms with van der Waals surface area (Å²) in [5.41, 5.74) is -0.350. The third kappa shape index (κ3) is 1.98. The van der Waals surface area contributed by atoms with Crippen molar-refractivity contribution in [2.75, 3.05) is 14.2 Å². The molecule has 2 saturated carbocycles. The molecular weight excluding hydrogens is 284 g/mol. The molecule has 5 nitrogen and oxygen atoms in total. The number of rotatable bonds is 2. The van der Waals surface area contributed by atoms with E-state index in [-0.39, 0.29) is 59.2 Å². The molecule has 1 aliphatic heterocycles. The Morgan fingerprint density at radius 1 is 1.14 bits per heavy atom. The average molecular weight is 310 g/mol. The summed E-state index contributed by atoms with van der Waals surface area (Å²) in [7, 11) is 3.28. The number of carbonyl (C=O) groups is 2. The first kappa shape index (κ1) is 15.9. The number of ether oxygens (including phenoxy) is 3. The zero-order valence-electron chi connectivity index (χ0n) is 14.0. The van der Waals surface area contributed by atoms with E-state index >= 15 is 0 Å². The summed E-state index contributed by atoms with van der Waals surface area (Å²) >= 11 is 0. The number of hydrogen-bond donors (Lipinski definition) is 0. The monoisotopic (exact) mass is 310 g/mol. The Labute approximate surface area is 131 Å². The number of methoxy groups -OCH3 is 2. The summed E-state index contributed by atoms with van der Waals surface area (Å²) < 4.78 is 16.9. The van der Waals surface area contributed by atoms with Gasteiger partial charge < -0.3 is 14.2 Å². The topological polar surface area (TPSA) is 61.8 Å². The molecule has 3 rings (SSSR count). The molecule has 0 bridgehead atoms. The second kappa shape index (κ2) is 5.31. The van der Waals surface area contributed by atoms with Crippen molar-refractivity contribution < 1.29 is 23.8 Å². The minimum absolute atomic E-state index is 0.0554. The molecule has 5 heteroatoms. The molecule has 0 aromatic carbocycles. The van der Waals surface area contributed by atoms with Gasteiger partial charge in [-0.2, -0.15) is 0 Å². The zero-order valence-corrected chi connectivity index (χ0v) is 14.0. The molecule has 0 spiro atoms. The Morgan fingerprint density at radius 2 is 1.82 bits per heavy atom. The summed E-state index contributed by atoms with van der Waals surface area (Å²) in [6.45, 7) is 6.01. The smallest absolute Gasteiger partial charge is 0.309 e. The zero-order chi connectivity index (χ0) is 16.2. The van der Waals surface area contributed by atoms with Crippen LogP contribution in [0.2, 0.25) is 0 Å². The largest absolute Gasteiger partial charge is 0.461 e. The third-order valence-corrected chi connectivity index (χ3v) is 6.22. The molecule has 4 unspecified atom stereocenters. The second-order valence-corrected chi connectivity index (χ2v) is 7.59. The molecule has 22 heavy (non-hydrogen) atoms. The highest BCUT2D eigenvalue weighted by Crippen LogP contribution is 2.57. The molecule has 0 N–H and O–H groups in total. The Kier molecular flexibility index (Phi) is 3.84. The van der Waals surface area contributed by atoms with Gasteiger partial charge in [0, 0.05) is 31.5 Å². The highest BCUT2D eigenvalue weighted by atomic mass is 16.6. The van der Waals surface area contributed by atoms with Gasteiger partial charge in [0.1, 0.15) is 11.9 Å². The van der Waals surface area contributed by atoms with Gasteiger partial charge in [0.2, 0.25) is 0 Å². The van der Waals surface area contributed by atoms with Crippen LogP contribution in [0.25, 0.3) is 0 Å². The number of ketones is 1. The maximum atomic E-state index is 13.1. The highest BCUT2D eigenvalue weighted by molar-refractivity contribution is 5.87. The molecule has 0 aromatic heterocycles. The first-order valence-corrected chi connectivity index (χ1v) is 8.14. The molecule has 2 aliphatic carbocycles. The Morgan fingerprint density at radius 3 is 2.41 bits per heavy atom. The van der Waals surface area contributed by atoms with Crippen LogP contribution < -0.4 is 0 Å². The van der Waals surface area contributed by atoms with Crippen molar-refractivity contribution in [2.24, 2.45) is 29.1 Å². The normalized spacial score (nSPS) is 46.9. The van der Waals surface area contributed by atoms with E-state index in [4.69, 9.17) is 14.2 Å². The second-order valence-electron chi connectivity index (χ2n) is 7.59. The molecule has 3 fully saturated rings. The minimum Gasteiger partial charge on any atom is -0.461 e. The van der Waals surface area contributed by atoms with Crippen LogP contribution in [-0.2, 0) is 23.8 Å². The first-order chi connectivity index (χ1) is 10.3. The maximum Gasteiger partial charge on any atom is 0.309 e. The van der Waals surface area contributed by atoms with Crippen LogP contribution in [0.15, 0.2) is 0 Å². The van der Waals surface area contributed by atoms with Crippen LogP contribution >= 0.6 is 0 Å². The molecule has 1 heterocycles. The van der Waals surface area contributed by atoms with E-state index in [1.807, 2.05) is 20.8 Å². The fraction of sp³-hybridized carbons (Fsp3) is 0.882. The summed E-state index contributed by atoms with van der Waals surface area (Å²) in [5, 5.41) is 0. The Balaban J connectivity index is 2.05. The first-order valence-electron chi connectivity index (χ1n) is 8.14. The van der Waals surface area contributed by atoms with E-state index in [2.05, 4.69) is 0 Å². The fourth-order valence-corrected chi connectivity index (χ4v) is 5.07. The van der Waals surface area contributed by atoms with Crippen LogP contribution in [0.4, 0.5) is 0 Å². The van der Waals surface area contributed by atoms with Gasteiger partial charge in [-0.15, -0.1) is 0 Å². The van der Waals surface area contributed by atoms with Crippen molar-refractivity contribution in [3.8, 4) is 0 Å². The molecule has 0 radical (unpaired) electrons. The maximum absolute atomic E-state index is 13.1. The lowest BCUT2D eigenvalue weighted by atomic mass is 9.72. The third-order valence-electron chi connectivity index (χ3n) is 6.22. The Bertz CT molecular complexity index is 485. The number of carbonyl (C=O) groups excluding carboxylic acids is 2. The van der Waals surface area contributed by atoms with Gasteiger partial charge in [-0.3, -0.25) is 9.59 Å². The van der Waals surface area contributed by atoms with Crippen LogP contribution in [0.5, 0.6) is 0 Å². The van der Waals surface area contributed by atoms with Gasteiger partial charge in [0.15, 0.2) is 0 Å². The number of Topliss-reactive ketones (excluding diaryl/α,β-unsaturated/α-hetero) is 1. The van der Waals surface area contributed by atoms with Gasteiger partial charge in [0.25, 0.3) is 0 Å². The van der Waals surface area contributed by atoms with Crippen molar-refractivity contribution in [2.45, 2.75) is 51.9 Å². The van der Waals surface area contributed by atoms with Crippen molar-refractivity contribution in [3.63, 3.8) is 0 Å². The van der Waals surface area contributed by atoms with Gasteiger partial charge >= 0.3 is 5.97 Å². The summed E-state index contributed by atoms with van der Waals surface area (Å²) in [6, 6.07) is 0. The lowest BCUT2D eigenvalue weighted by Gasteiger charge is -2.35. The van der Waals surface area contributed by atoms with Crippen LogP contribution in [-0.4, -0.2) is 44.3 Å². The molecule has 0 amide bonds. The van der Waals surface area contributed by atoms with E-state index in [1.54, 1.807) is 14.2 Å². The van der Waals surface area contributed by atoms with E-state index in [0.717, 1.165) is 12.8 Å². The predicted molar refractivity (Wildman–Crippen MR) is 79.1 cm³/mol. The van der Waals surface area contributed by atoms with Crippen molar-refractivity contribution in [1.29, 1.82) is 0 Å². The van der Waals surface area contributed by atoms with Crippen molar-refractivity contribution in [3.05, 3.63) is 0 Å². The molecule has 124 valence electrons. The highest BCUT2D eigenvalue weighted by Gasteiger charge is 2.67. The summed E-state index contributed by atoms with van der Waals surface area (Å²) in [6.07, 6.45) is 0.858. The molecule has 0 aromatic rings. The quantitative estimate of drug-likeness (QED) is 0.728. The number of esters is 1. The van der Waals surface area contributed by atoms with Crippen molar-refractivity contribution >= 4 is 11.8 Å². The fourth-order valence-electron chi connectivity index (χ4n) is 5.07. The van der Waals surface area contributed by atoms with Crippen molar-refractivity contribution in [1.82, 2.24) is 0 Å². The average Bonchev–Trinajstić information content (AvgIpc) is 2.90. The molecule has 1 saturated heterocycles. The van der Waals surface area contributed by atoms with Crippen LogP contribution in [0.3, 0.4) is 0 Å². The van der Waals surface area contributed by atoms with Gasteiger partial charge in [-0.05, 0) is 12.8 Å². The SMILES string of the molecule is COC1CC[C@@H]2C(=O)O[C@H]3[C@@H]2C(C(=O)C1C)C(OC)C3(C)C. The molecule has 7 atom stereocenters. The van der Waals surface area contributed by atoms with Gasteiger partial charge in [0.05, 0.1) is 24.0 Å². The Hall–Kier alpha value is -0.940. The molecular formula is C17H26O5. The van der Waals surface area contributed by atoms with Gasteiger partial charge in [-0.25, -0.2) is 0 Å². The van der Waals surface area contributed by atoms with E-state index < -0.39 is 0 Å². The van der Waals surface area contributed by atoms with Gasteiger partial charge in [-0.1, -0.05) is 20.8 Å². The lowest BCUT2D eigenvalue weighted by Crippen LogP contribution is -2.45. The van der Waals surface area contributed by atoms with E-state index in [1.165, 1.54) is 0 Å².